The number of carbonyl (C=O) groups excluding carboxylic acids is 2. The number of nitrogens with one attached hydrogen (secondary N) is 1. The van der Waals surface area contributed by atoms with Gasteiger partial charge in [-0.25, -0.2) is 10.2 Å². The van der Waals surface area contributed by atoms with Gasteiger partial charge in [-0.2, -0.15) is 5.10 Å². The van der Waals surface area contributed by atoms with Gasteiger partial charge in [0, 0.05) is 15.6 Å². The van der Waals surface area contributed by atoms with Crippen molar-refractivity contribution < 1.29 is 23.8 Å². The standard InChI is InChI=1S/C27H23ClN2O5S/c1-3-34-27(32)19-8-4-6-10-22(19)35-16-18-14-17(12-13-21(18)33-2)15-29-30-26(31)25-24(28)20-9-5-7-11-23(20)36-25/h4-15H,3,16H2,1-2H3,(H,30,31). The van der Waals surface area contributed by atoms with Gasteiger partial charge in [0.05, 0.1) is 25.0 Å². The highest BCUT2D eigenvalue weighted by Crippen LogP contribution is 2.35. The fraction of sp³-hybridized carbons (Fsp3) is 0.148. The molecule has 0 spiro atoms. The molecular weight excluding hydrogens is 500 g/mol. The van der Waals surface area contributed by atoms with Crippen LogP contribution in [0.3, 0.4) is 0 Å². The highest BCUT2D eigenvalue weighted by molar-refractivity contribution is 7.21. The number of fused-ring (bicyclic) bond motifs is 1. The van der Waals surface area contributed by atoms with Crippen molar-refractivity contribution in [3.63, 3.8) is 0 Å². The number of nitrogens with zero attached hydrogens (tertiary/aromatic N) is 1. The summed E-state index contributed by atoms with van der Waals surface area (Å²) >= 11 is 7.69. The molecule has 4 rings (SSSR count). The van der Waals surface area contributed by atoms with Crippen LogP contribution in [-0.4, -0.2) is 31.8 Å². The lowest BCUT2D eigenvalue weighted by Gasteiger charge is -2.13. The number of hydrazone groups is 1. The van der Waals surface area contributed by atoms with E-state index in [4.69, 9.17) is 25.8 Å². The first-order valence-corrected chi connectivity index (χ1v) is 12.3. The molecule has 9 heteroatoms. The molecule has 0 radical (unpaired) electrons. The average molecular weight is 523 g/mol. The topological polar surface area (TPSA) is 86.2 Å². The SMILES string of the molecule is CCOC(=O)c1ccccc1OCc1cc(C=NNC(=O)c2sc3ccccc3c2Cl)ccc1OC. The maximum absolute atomic E-state index is 12.6. The number of para-hydroxylation sites is 1. The molecule has 0 unspecified atom stereocenters. The van der Waals surface area contributed by atoms with Crippen molar-refractivity contribution in [2.45, 2.75) is 13.5 Å². The fourth-order valence-electron chi connectivity index (χ4n) is 3.49. The van der Waals surface area contributed by atoms with E-state index in [1.165, 1.54) is 17.6 Å². The van der Waals surface area contributed by atoms with E-state index in [9.17, 15) is 9.59 Å². The van der Waals surface area contributed by atoms with Gasteiger partial charge >= 0.3 is 5.97 Å². The van der Waals surface area contributed by atoms with Crippen LogP contribution in [-0.2, 0) is 11.3 Å². The number of hydrogen-bond donors (Lipinski definition) is 1. The zero-order valence-electron chi connectivity index (χ0n) is 19.6. The second kappa shape index (κ2) is 11.7. The Kier molecular flexibility index (Phi) is 8.20. The predicted molar refractivity (Wildman–Crippen MR) is 142 cm³/mol. The quantitative estimate of drug-likeness (QED) is 0.163. The minimum Gasteiger partial charge on any atom is -0.496 e. The molecule has 0 aliphatic carbocycles. The molecule has 184 valence electrons. The van der Waals surface area contributed by atoms with E-state index in [2.05, 4.69) is 10.5 Å². The summed E-state index contributed by atoms with van der Waals surface area (Å²) in [5.41, 5.74) is 4.33. The van der Waals surface area contributed by atoms with Crippen LogP contribution in [0.4, 0.5) is 0 Å². The number of benzene rings is 3. The van der Waals surface area contributed by atoms with Crippen molar-refractivity contribution in [1.29, 1.82) is 0 Å². The molecule has 0 fully saturated rings. The Labute approximate surface area is 217 Å². The van der Waals surface area contributed by atoms with Crippen molar-refractivity contribution in [2.75, 3.05) is 13.7 Å². The van der Waals surface area contributed by atoms with E-state index in [-0.39, 0.29) is 19.1 Å². The summed E-state index contributed by atoms with van der Waals surface area (Å²) in [5, 5.41) is 5.33. The Hall–Kier alpha value is -3.88. The first kappa shape index (κ1) is 25.2. The van der Waals surface area contributed by atoms with Crippen LogP contribution in [0.1, 0.15) is 38.1 Å². The molecule has 0 aliphatic rings. The molecule has 4 aromatic rings. The third kappa shape index (κ3) is 5.67. The number of rotatable bonds is 9. The summed E-state index contributed by atoms with van der Waals surface area (Å²) < 4.78 is 17.4. The zero-order valence-corrected chi connectivity index (χ0v) is 21.2. The molecule has 0 aliphatic heterocycles. The minimum atomic E-state index is -0.449. The summed E-state index contributed by atoms with van der Waals surface area (Å²) in [6.45, 7) is 2.16. The number of carbonyl (C=O) groups is 2. The molecule has 1 aromatic heterocycles. The van der Waals surface area contributed by atoms with Gasteiger partial charge in [-0.05, 0) is 48.9 Å². The van der Waals surface area contributed by atoms with Gasteiger partial charge in [-0.3, -0.25) is 4.79 Å². The Morgan fingerprint density at radius 3 is 2.61 bits per heavy atom. The van der Waals surface area contributed by atoms with E-state index in [1.54, 1.807) is 50.4 Å². The number of amides is 1. The molecule has 1 N–H and O–H groups in total. The monoisotopic (exact) mass is 522 g/mol. The highest BCUT2D eigenvalue weighted by Gasteiger charge is 2.17. The molecule has 0 saturated carbocycles. The predicted octanol–water partition coefficient (Wildman–Crippen LogP) is 6.08. The van der Waals surface area contributed by atoms with Crippen LogP contribution in [0.2, 0.25) is 5.02 Å². The molecule has 0 atom stereocenters. The number of thiophene rings is 1. The normalized spacial score (nSPS) is 11.0. The number of esters is 1. The highest BCUT2D eigenvalue weighted by atomic mass is 35.5. The van der Waals surface area contributed by atoms with Crippen molar-refractivity contribution in [1.82, 2.24) is 5.43 Å². The Morgan fingerprint density at radius 2 is 1.83 bits per heavy atom. The third-order valence-corrected chi connectivity index (χ3v) is 6.87. The lowest BCUT2D eigenvalue weighted by Crippen LogP contribution is -2.16. The van der Waals surface area contributed by atoms with Gasteiger partial charge in [-0.1, -0.05) is 41.9 Å². The molecule has 0 bridgehead atoms. The molecular formula is C27H23ClN2O5S. The van der Waals surface area contributed by atoms with E-state index < -0.39 is 5.97 Å². The van der Waals surface area contributed by atoms with Crippen LogP contribution in [0.25, 0.3) is 10.1 Å². The first-order valence-electron chi connectivity index (χ1n) is 11.1. The molecule has 7 nitrogen and oxygen atoms in total. The van der Waals surface area contributed by atoms with Crippen LogP contribution in [0.5, 0.6) is 11.5 Å². The molecule has 0 saturated heterocycles. The van der Waals surface area contributed by atoms with Crippen molar-refractivity contribution in [2.24, 2.45) is 5.10 Å². The van der Waals surface area contributed by atoms with Gasteiger partial charge in [0.2, 0.25) is 0 Å². The summed E-state index contributed by atoms with van der Waals surface area (Å²) in [6, 6.07) is 19.9. The lowest BCUT2D eigenvalue weighted by molar-refractivity contribution is 0.0521. The maximum atomic E-state index is 12.6. The van der Waals surface area contributed by atoms with Crippen molar-refractivity contribution >= 4 is 51.1 Å². The number of halogens is 1. The third-order valence-electron chi connectivity index (χ3n) is 5.19. The molecule has 1 heterocycles. The van der Waals surface area contributed by atoms with Crippen LogP contribution >= 0.6 is 22.9 Å². The van der Waals surface area contributed by atoms with Gasteiger partial charge in [0.1, 0.15) is 28.5 Å². The van der Waals surface area contributed by atoms with Gasteiger partial charge < -0.3 is 14.2 Å². The van der Waals surface area contributed by atoms with Crippen LogP contribution < -0.4 is 14.9 Å². The summed E-state index contributed by atoms with van der Waals surface area (Å²) in [4.78, 5) is 25.2. The fourth-order valence-corrected chi connectivity index (χ4v) is 4.90. The Morgan fingerprint density at radius 1 is 1.06 bits per heavy atom. The lowest BCUT2D eigenvalue weighted by atomic mass is 10.1. The van der Waals surface area contributed by atoms with Gasteiger partial charge in [0.15, 0.2) is 0 Å². The van der Waals surface area contributed by atoms with E-state index in [0.717, 1.165) is 21.2 Å². The second-order valence-corrected chi connectivity index (χ2v) is 8.95. The summed E-state index contributed by atoms with van der Waals surface area (Å²) in [5.74, 6) is 0.187. The number of methoxy groups -OCH3 is 1. The molecule has 3 aromatic carbocycles. The van der Waals surface area contributed by atoms with Crippen LogP contribution in [0.15, 0.2) is 71.8 Å². The minimum absolute atomic E-state index is 0.144. The summed E-state index contributed by atoms with van der Waals surface area (Å²) in [7, 11) is 1.56. The van der Waals surface area contributed by atoms with Crippen molar-refractivity contribution in [3.05, 3.63) is 93.3 Å². The number of hydrogen-bond acceptors (Lipinski definition) is 7. The average Bonchev–Trinajstić information content (AvgIpc) is 3.24. The molecule has 36 heavy (non-hydrogen) atoms. The Bertz CT molecular complexity index is 1430. The zero-order chi connectivity index (χ0) is 25.5. The summed E-state index contributed by atoms with van der Waals surface area (Å²) in [6.07, 6.45) is 1.52. The first-order chi connectivity index (χ1) is 17.5. The van der Waals surface area contributed by atoms with Crippen molar-refractivity contribution in [3.8, 4) is 11.5 Å². The van der Waals surface area contributed by atoms with Gasteiger partial charge in [-0.15, -0.1) is 11.3 Å². The number of ether oxygens (including phenoxy) is 3. The van der Waals surface area contributed by atoms with Crippen LogP contribution in [0, 0.1) is 0 Å². The maximum Gasteiger partial charge on any atom is 0.341 e. The van der Waals surface area contributed by atoms with Gasteiger partial charge in [0.25, 0.3) is 5.91 Å². The largest absolute Gasteiger partial charge is 0.496 e. The van der Waals surface area contributed by atoms with E-state index in [0.29, 0.717) is 27.0 Å². The smallest absolute Gasteiger partial charge is 0.341 e. The van der Waals surface area contributed by atoms with E-state index >= 15 is 0 Å². The molecule has 1 amide bonds. The second-order valence-electron chi connectivity index (χ2n) is 7.52. The Balaban J connectivity index is 1.46. The van der Waals surface area contributed by atoms with E-state index in [1.807, 2.05) is 30.3 Å².